The van der Waals surface area contributed by atoms with Crippen molar-refractivity contribution in [3.05, 3.63) is 35.4 Å². The Morgan fingerprint density at radius 2 is 2.24 bits per heavy atom. The molecule has 2 rings (SSSR count). The quantitative estimate of drug-likeness (QED) is 0.817. The zero-order chi connectivity index (χ0) is 12.3. The maximum absolute atomic E-state index is 5.92. The van der Waals surface area contributed by atoms with Gasteiger partial charge < -0.3 is 10.5 Å². The Kier molecular flexibility index (Phi) is 4.15. The van der Waals surface area contributed by atoms with Crippen LogP contribution in [0.25, 0.3) is 0 Å². The molecule has 2 N–H and O–H groups in total. The number of methoxy groups -OCH3 is 1. The molecular formula is C14H22N2O. The monoisotopic (exact) mass is 234 g/mol. The van der Waals surface area contributed by atoms with Crippen LogP contribution in [-0.4, -0.2) is 31.6 Å². The molecule has 0 aliphatic heterocycles. The van der Waals surface area contributed by atoms with Gasteiger partial charge in [-0.05, 0) is 31.0 Å². The fraction of sp³-hybridized carbons (Fsp3) is 0.571. The Labute approximate surface area is 104 Å². The van der Waals surface area contributed by atoms with Crippen molar-refractivity contribution in [2.24, 2.45) is 5.73 Å². The Bertz CT molecular complexity index is 363. The maximum Gasteiger partial charge on any atom is 0.0713 e. The van der Waals surface area contributed by atoms with Crippen LogP contribution in [0.5, 0.6) is 0 Å². The van der Waals surface area contributed by atoms with Crippen LogP contribution in [0.15, 0.2) is 24.3 Å². The first kappa shape index (κ1) is 12.6. The van der Waals surface area contributed by atoms with Crippen molar-refractivity contribution in [3.63, 3.8) is 0 Å². The second-order valence-corrected chi connectivity index (χ2v) is 4.83. The molecule has 0 amide bonds. The molecule has 0 saturated heterocycles. The number of benzene rings is 1. The molecule has 1 aromatic rings. The zero-order valence-corrected chi connectivity index (χ0v) is 10.7. The van der Waals surface area contributed by atoms with E-state index >= 15 is 0 Å². The topological polar surface area (TPSA) is 38.5 Å². The van der Waals surface area contributed by atoms with Crippen molar-refractivity contribution in [1.29, 1.82) is 0 Å². The molecule has 1 aliphatic rings. The summed E-state index contributed by atoms with van der Waals surface area (Å²) in [5.74, 6) is 0. The summed E-state index contributed by atoms with van der Waals surface area (Å²) in [6.07, 6.45) is 2.62. The normalized spacial score (nSPS) is 17.4. The van der Waals surface area contributed by atoms with Crippen LogP contribution < -0.4 is 5.73 Å². The Balaban J connectivity index is 2.14. The van der Waals surface area contributed by atoms with Crippen molar-refractivity contribution in [2.75, 3.05) is 20.7 Å². The molecule has 1 atom stereocenters. The zero-order valence-electron chi connectivity index (χ0n) is 10.7. The third kappa shape index (κ3) is 3.06. The third-order valence-electron chi connectivity index (χ3n) is 3.48. The molecule has 1 saturated carbocycles. The summed E-state index contributed by atoms with van der Waals surface area (Å²) in [6, 6.07) is 9.62. The first-order valence-corrected chi connectivity index (χ1v) is 6.26. The van der Waals surface area contributed by atoms with E-state index < -0.39 is 0 Å². The van der Waals surface area contributed by atoms with Gasteiger partial charge in [0.15, 0.2) is 0 Å². The van der Waals surface area contributed by atoms with Crippen LogP contribution in [0.3, 0.4) is 0 Å². The van der Waals surface area contributed by atoms with E-state index in [1.54, 1.807) is 7.11 Å². The average Bonchev–Trinajstić information content (AvgIpc) is 3.14. The number of hydrogen-bond acceptors (Lipinski definition) is 3. The number of likely N-dealkylation sites (N-methyl/N-ethyl adjacent to an activating group) is 1. The van der Waals surface area contributed by atoms with Crippen molar-refractivity contribution >= 4 is 0 Å². The average molecular weight is 234 g/mol. The van der Waals surface area contributed by atoms with E-state index in [4.69, 9.17) is 10.5 Å². The molecule has 0 heterocycles. The highest BCUT2D eigenvalue weighted by Gasteiger charge is 2.31. The van der Waals surface area contributed by atoms with Gasteiger partial charge in [-0.25, -0.2) is 0 Å². The van der Waals surface area contributed by atoms with Crippen LogP contribution in [0, 0.1) is 0 Å². The minimum absolute atomic E-state index is 0.333. The van der Waals surface area contributed by atoms with Crippen molar-refractivity contribution in [2.45, 2.75) is 31.5 Å². The molecule has 0 aromatic heterocycles. The number of nitrogens with zero attached hydrogens (tertiary/aromatic N) is 1. The Morgan fingerprint density at radius 1 is 1.47 bits per heavy atom. The van der Waals surface area contributed by atoms with Gasteiger partial charge in [0.05, 0.1) is 6.61 Å². The standard InChI is InChI=1S/C14H22N2O/c1-16(13-6-7-13)14(9-15)12-5-3-4-11(8-12)10-17-2/h3-5,8,13-14H,6-7,9-10,15H2,1-2H3. The molecule has 3 heteroatoms. The molecule has 1 aromatic carbocycles. The van der Waals surface area contributed by atoms with Crippen LogP contribution in [0.1, 0.15) is 30.0 Å². The number of nitrogens with two attached hydrogens (primary N) is 1. The molecule has 94 valence electrons. The van der Waals surface area contributed by atoms with Crippen LogP contribution in [0.2, 0.25) is 0 Å². The summed E-state index contributed by atoms with van der Waals surface area (Å²) in [4.78, 5) is 2.41. The molecule has 0 radical (unpaired) electrons. The predicted octanol–water partition coefficient (Wildman–Crippen LogP) is 1.93. The summed E-state index contributed by atoms with van der Waals surface area (Å²) in [6.45, 7) is 1.34. The van der Waals surface area contributed by atoms with Crippen LogP contribution in [-0.2, 0) is 11.3 Å². The second-order valence-electron chi connectivity index (χ2n) is 4.83. The minimum Gasteiger partial charge on any atom is -0.380 e. The van der Waals surface area contributed by atoms with Gasteiger partial charge >= 0.3 is 0 Å². The van der Waals surface area contributed by atoms with Gasteiger partial charge in [0, 0.05) is 25.7 Å². The van der Waals surface area contributed by atoms with Crippen molar-refractivity contribution in [1.82, 2.24) is 4.90 Å². The first-order valence-electron chi connectivity index (χ1n) is 6.26. The summed E-state index contributed by atoms with van der Waals surface area (Å²) in [5.41, 5.74) is 8.44. The maximum atomic E-state index is 5.92. The highest BCUT2D eigenvalue weighted by Crippen LogP contribution is 2.32. The summed E-state index contributed by atoms with van der Waals surface area (Å²) in [7, 11) is 3.90. The Hall–Kier alpha value is -0.900. The van der Waals surface area contributed by atoms with E-state index in [-0.39, 0.29) is 0 Å². The van der Waals surface area contributed by atoms with Gasteiger partial charge in [0.25, 0.3) is 0 Å². The van der Waals surface area contributed by atoms with Crippen LogP contribution in [0.4, 0.5) is 0 Å². The predicted molar refractivity (Wildman–Crippen MR) is 69.7 cm³/mol. The summed E-state index contributed by atoms with van der Waals surface area (Å²) >= 11 is 0. The Morgan fingerprint density at radius 3 is 2.82 bits per heavy atom. The van der Waals surface area contributed by atoms with E-state index in [9.17, 15) is 0 Å². The molecule has 1 fully saturated rings. The molecule has 0 spiro atoms. The summed E-state index contributed by atoms with van der Waals surface area (Å²) in [5, 5.41) is 0. The lowest BCUT2D eigenvalue weighted by Gasteiger charge is -2.27. The number of ether oxygens (including phenoxy) is 1. The SMILES string of the molecule is COCc1cccc(C(CN)N(C)C2CC2)c1. The smallest absolute Gasteiger partial charge is 0.0713 e. The largest absolute Gasteiger partial charge is 0.380 e. The van der Waals surface area contributed by atoms with Crippen molar-refractivity contribution in [3.8, 4) is 0 Å². The van der Waals surface area contributed by atoms with E-state index in [2.05, 4.69) is 36.2 Å². The molecule has 17 heavy (non-hydrogen) atoms. The van der Waals surface area contributed by atoms with Gasteiger partial charge in [-0.3, -0.25) is 4.90 Å². The molecule has 3 nitrogen and oxygen atoms in total. The molecule has 1 aliphatic carbocycles. The minimum atomic E-state index is 0.333. The molecule has 0 bridgehead atoms. The highest BCUT2D eigenvalue weighted by molar-refractivity contribution is 5.26. The fourth-order valence-corrected chi connectivity index (χ4v) is 2.33. The molecular weight excluding hydrogens is 212 g/mol. The lowest BCUT2D eigenvalue weighted by Crippen LogP contribution is -2.32. The lowest BCUT2D eigenvalue weighted by atomic mass is 10.0. The third-order valence-corrected chi connectivity index (χ3v) is 3.48. The first-order chi connectivity index (χ1) is 8.26. The molecule has 1 unspecified atom stereocenters. The number of hydrogen-bond donors (Lipinski definition) is 1. The number of rotatable bonds is 6. The van der Waals surface area contributed by atoms with Crippen LogP contribution >= 0.6 is 0 Å². The van der Waals surface area contributed by atoms with Crippen molar-refractivity contribution < 1.29 is 4.74 Å². The van der Waals surface area contributed by atoms with E-state index in [0.29, 0.717) is 19.2 Å². The van der Waals surface area contributed by atoms with Gasteiger partial charge in [-0.15, -0.1) is 0 Å². The summed E-state index contributed by atoms with van der Waals surface area (Å²) < 4.78 is 5.17. The van der Waals surface area contributed by atoms with Gasteiger partial charge in [0.2, 0.25) is 0 Å². The van der Waals surface area contributed by atoms with E-state index in [1.165, 1.54) is 24.0 Å². The van der Waals surface area contributed by atoms with E-state index in [0.717, 1.165) is 6.04 Å². The van der Waals surface area contributed by atoms with Gasteiger partial charge in [0.1, 0.15) is 0 Å². The second kappa shape index (κ2) is 5.63. The fourth-order valence-electron chi connectivity index (χ4n) is 2.33. The van der Waals surface area contributed by atoms with E-state index in [1.807, 2.05) is 0 Å². The lowest BCUT2D eigenvalue weighted by molar-refractivity contribution is 0.184. The highest BCUT2D eigenvalue weighted by atomic mass is 16.5. The van der Waals surface area contributed by atoms with Gasteiger partial charge in [-0.1, -0.05) is 24.3 Å². The van der Waals surface area contributed by atoms with Gasteiger partial charge in [-0.2, -0.15) is 0 Å².